The van der Waals surface area contributed by atoms with Crippen molar-refractivity contribution in [2.45, 2.75) is 0 Å². The SMILES string of the molecule is [2H]c1c([2H])c([2H])c(-n2c3ccccc3c3c(-n4c5c([2H])c([2H])c([2H])c([2H])c5c5c([2H])c(-c6c([2H])c([2H])c7c(c6[2H])c6c([2H])c([2H])c([2H])c([2H])c6n7-c6ccccc6)c([2H])c([2H])c54)cccc32)c([2H])c1[2H]. The minimum Gasteiger partial charge on any atom is -0.309 e. The average molecular weight is 669 g/mol. The van der Waals surface area contributed by atoms with Crippen molar-refractivity contribution in [1.82, 2.24) is 13.7 Å². The van der Waals surface area contributed by atoms with E-state index in [4.69, 9.17) is 15.1 Å². The first-order valence-electron chi connectivity index (χ1n) is 25.5. The lowest BCUT2D eigenvalue weighted by atomic mass is 10.0. The van der Waals surface area contributed by atoms with Crippen molar-refractivity contribution in [2.75, 3.05) is 0 Å². The zero-order valence-corrected chi connectivity index (χ0v) is 26.3. The van der Waals surface area contributed by atoms with Crippen LogP contribution in [0.4, 0.5) is 0 Å². The summed E-state index contributed by atoms with van der Waals surface area (Å²) in [6.45, 7) is 0. The minimum absolute atomic E-state index is 0.0826. The zero-order valence-electron chi connectivity index (χ0n) is 45.3. The molecule has 0 unspecified atom stereocenters. The molecule has 238 valence electrons. The van der Waals surface area contributed by atoms with E-state index in [1.807, 2.05) is 0 Å². The van der Waals surface area contributed by atoms with Crippen LogP contribution in [-0.2, 0) is 0 Å². The summed E-state index contributed by atoms with van der Waals surface area (Å²) in [5, 5.41) is -0.0216. The Morgan fingerprint density at radius 3 is 1.61 bits per heavy atom. The van der Waals surface area contributed by atoms with Crippen molar-refractivity contribution in [3.05, 3.63) is 188 Å². The summed E-state index contributed by atoms with van der Waals surface area (Å²) in [5.74, 6) is 0. The van der Waals surface area contributed by atoms with Crippen LogP contribution in [0.5, 0.6) is 0 Å². The predicted octanol–water partition coefficient (Wildman–Crippen LogP) is 12.6. The van der Waals surface area contributed by atoms with Gasteiger partial charge in [0.2, 0.25) is 0 Å². The molecule has 0 radical (unpaired) electrons. The smallest absolute Gasteiger partial charge is 0.0645 e. The first-order chi connectivity index (χ1) is 33.3. The van der Waals surface area contributed by atoms with Crippen LogP contribution < -0.4 is 0 Å². The molecule has 3 heterocycles. The molecule has 0 atom stereocenters. The molecule has 3 nitrogen and oxygen atoms in total. The molecule has 0 aliphatic rings. The van der Waals surface area contributed by atoms with Crippen molar-refractivity contribution < 1.29 is 26.0 Å². The van der Waals surface area contributed by atoms with Gasteiger partial charge >= 0.3 is 0 Å². The van der Waals surface area contributed by atoms with Gasteiger partial charge < -0.3 is 13.7 Å². The number of aromatic nitrogens is 3. The van der Waals surface area contributed by atoms with E-state index in [0.29, 0.717) is 27.5 Å². The number of benzene rings is 8. The molecule has 0 N–H and O–H groups in total. The number of nitrogens with zero attached hydrogens (tertiary/aromatic N) is 3. The Labute approximate surface area is 321 Å². The van der Waals surface area contributed by atoms with Gasteiger partial charge in [0.05, 0.1) is 64.8 Å². The monoisotopic (exact) mass is 668 g/mol. The minimum atomic E-state index is -0.722. The van der Waals surface area contributed by atoms with E-state index in [9.17, 15) is 11.0 Å². The number of para-hydroxylation sites is 5. The van der Waals surface area contributed by atoms with Gasteiger partial charge in [0, 0.05) is 43.7 Å². The highest BCUT2D eigenvalue weighted by atomic mass is 15.0. The van der Waals surface area contributed by atoms with E-state index in [0.717, 1.165) is 0 Å². The number of fused-ring (bicyclic) bond motifs is 9. The van der Waals surface area contributed by atoms with Gasteiger partial charge in [-0.05, 0) is 89.8 Å². The standard InChI is InChI=1S/C48H31N3/c1-3-14-34(15-4-1)49-41-21-10-7-18-36(41)39-30-32(26-28-44(39)49)33-27-29-45-40(31-33)37-19-8-11-22-42(37)51(45)47-25-13-24-46-48(47)38-20-9-12-23-43(38)50(46)35-16-5-2-6-17-35/h1-31H/i2D,5D,6D,7D,8D,10D,11D,16D,17D,18D,19D,21D,22D,26D,27D,28D,29D,30D,31D. The second kappa shape index (κ2) is 10.8. The molecular formula is C48H31N3. The van der Waals surface area contributed by atoms with E-state index in [1.54, 1.807) is 72.8 Å². The number of hydrogen-bond acceptors (Lipinski definition) is 0. The molecule has 3 heteroatoms. The third-order valence-corrected chi connectivity index (χ3v) is 9.21. The molecular weight excluding hydrogens is 619 g/mol. The Hall–Kier alpha value is -6.84. The lowest BCUT2D eigenvalue weighted by molar-refractivity contribution is 1.17. The number of rotatable bonds is 4. The Bertz CT molecular complexity index is 4200. The topological polar surface area (TPSA) is 14.8 Å². The van der Waals surface area contributed by atoms with Gasteiger partial charge in [-0.15, -0.1) is 0 Å². The summed E-state index contributed by atoms with van der Waals surface area (Å²) >= 11 is 0. The highest BCUT2D eigenvalue weighted by Gasteiger charge is 2.20. The molecule has 0 saturated heterocycles. The molecule has 0 fully saturated rings. The number of hydrogen-bond donors (Lipinski definition) is 0. The van der Waals surface area contributed by atoms with Gasteiger partial charge in [-0.1, -0.05) is 109 Å². The molecule has 3 aromatic heterocycles. The Kier molecular flexibility index (Phi) is 3.26. The fourth-order valence-electron chi connectivity index (χ4n) is 7.14. The second-order valence-corrected chi connectivity index (χ2v) is 11.9. The van der Waals surface area contributed by atoms with E-state index in [1.165, 1.54) is 13.7 Å². The molecule has 0 aliphatic heterocycles. The van der Waals surface area contributed by atoms with Gasteiger partial charge in [0.1, 0.15) is 0 Å². The summed E-state index contributed by atoms with van der Waals surface area (Å²) in [6, 6.07) is 8.65. The van der Waals surface area contributed by atoms with Gasteiger partial charge in [0.15, 0.2) is 0 Å². The third-order valence-electron chi connectivity index (χ3n) is 9.21. The average Bonchev–Trinajstić information content (AvgIpc) is 4.03. The summed E-state index contributed by atoms with van der Waals surface area (Å²) in [7, 11) is 0. The predicted molar refractivity (Wildman–Crippen MR) is 215 cm³/mol. The van der Waals surface area contributed by atoms with E-state index >= 15 is 0 Å². The maximum Gasteiger partial charge on any atom is 0.0645 e. The van der Waals surface area contributed by atoms with E-state index in [-0.39, 0.29) is 55.0 Å². The fraction of sp³-hybridized carbons (Fsp3) is 0. The first-order valence-corrected chi connectivity index (χ1v) is 16.0. The molecule has 51 heavy (non-hydrogen) atoms. The maximum absolute atomic E-state index is 9.97. The summed E-state index contributed by atoms with van der Waals surface area (Å²) < 4.78 is 177. The summed E-state index contributed by atoms with van der Waals surface area (Å²) in [5.41, 5.74) is -0.572. The largest absolute Gasteiger partial charge is 0.309 e. The zero-order chi connectivity index (χ0) is 50.0. The van der Waals surface area contributed by atoms with Crippen LogP contribution in [0, 0.1) is 0 Å². The van der Waals surface area contributed by atoms with Crippen molar-refractivity contribution in [1.29, 1.82) is 0 Å². The Balaban J connectivity index is 1.32. The van der Waals surface area contributed by atoms with Crippen LogP contribution in [0.3, 0.4) is 0 Å². The first kappa shape index (κ1) is 15.4. The molecule has 11 aromatic rings. The fourth-order valence-corrected chi connectivity index (χ4v) is 7.14. The van der Waals surface area contributed by atoms with Crippen molar-refractivity contribution in [2.24, 2.45) is 0 Å². The van der Waals surface area contributed by atoms with Gasteiger partial charge in [-0.3, -0.25) is 0 Å². The van der Waals surface area contributed by atoms with Gasteiger partial charge in [-0.2, -0.15) is 0 Å². The molecule has 0 amide bonds. The normalized spacial score (nSPS) is 17.1. The second-order valence-electron chi connectivity index (χ2n) is 11.9. The Morgan fingerprint density at radius 2 is 0.882 bits per heavy atom. The summed E-state index contributed by atoms with van der Waals surface area (Å²) in [6.07, 6.45) is 0. The van der Waals surface area contributed by atoms with Crippen LogP contribution in [0.2, 0.25) is 0 Å². The van der Waals surface area contributed by atoms with Crippen molar-refractivity contribution in [3.63, 3.8) is 0 Å². The molecule has 11 rings (SSSR count). The highest BCUT2D eigenvalue weighted by molar-refractivity contribution is 6.17. The molecule has 0 aliphatic carbocycles. The highest BCUT2D eigenvalue weighted by Crippen LogP contribution is 2.41. The Morgan fingerprint density at radius 1 is 0.333 bits per heavy atom. The van der Waals surface area contributed by atoms with Crippen LogP contribution in [0.15, 0.2) is 188 Å². The van der Waals surface area contributed by atoms with Crippen LogP contribution in [0.25, 0.3) is 93.6 Å². The van der Waals surface area contributed by atoms with E-state index in [2.05, 4.69) is 0 Å². The lowest BCUT2D eigenvalue weighted by Gasteiger charge is -2.12. The van der Waals surface area contributed by atoms with Crippen molar-refractivity contribution >= 4 is 65.4 Å². The van der Waals surface area contributed by atoms with Crippen LogP contribution >= 0.6 is 0 Å². The summed E-state index contributed by atoms with van der Waals surface area (Å²) in [4.78, 5) is 0. The van der Waals surface area contributed by atoms with Crippen LogP contribution in [-0.4, -0.2) is 13.7 Å². The lowest BCUT2D eigenvalue weighted by Crippen LogP contribution is -1.96. The van der Waals surface area contributed by atoms with Gasteiger partial charge in [-0.25, -0.2) is 0 Å². The maximum atomic E-state index is 9.97. The molecule has 8 aromatic carbocycles. The molecule has 0 bridgehead atoms. The molecule has 0 saturated carbocycles. The van der Waals surface area contributed by atoms with Crippen molar-refractivity contribution in [3.8, 4) is 28.2 Å². The molecule has 0 spiro atoms. The quantitative estimate of drug-likeness (QED) is 0.177. The van der Waals surface area contributed by atoms with Crippen LogP contribution in [0.1, 0.15) is 26.0 Å². The third kappa shape index (κ3) is 4.06. The van der Waals surface area contributed by atoms with E-state index < -0.39 is 126 Å². The van der Waals surface area contributed by atoms with Gasteiger partial charge in [0.25, 0.3) is 0 Å².